The summed E-state index contributed by atoms with van der Waals surface area (Å²) in [4.78, 5) is 5.29. The molecular weight excluding hydrogens is 609 g/mol. The molecular formula is C47H30N2O. The Morgan fingerprint density at radius 3 is 1.72 bits per heavy atom. The van der Waals surface area contributed by atoms with Gasteiger partial charge in [0.25, 0.3) is 0 Å². The quantitative estimate of drug-likeness (QED) is 0.188. The standard InChI is InChI=1S/C47H30N2O/c1-3-12-31(13-4-1)37-29-42(32-14-5-2-6-15-32)48-47(30-37)49-43-20-9-7-18-38(43)40-27-35(22-24-44(40)49)33-16-11-17-34(26-33)36-23-25-46-41(28-36)39-19-8-10-21-45(39)50-46/h1-30H. The Hall–Kier alpha value is -6.71. The van der Waals surface area contributed by atoms with Crippen molar-refractivity contribution in [3.8, 4) is 50.5 Å². The van der Waals surface area contributed by atoms with Gasteiger partial charge in [-0.2, -0.15) is 0 Å². The second kappa shape index (κ2) is 11.5. The summed E-state index contributed by atoms with van der Waals surface area (Å²) in [6.45, 7) is 0. The Bertz CT molecular complexity index is 2810. The average Bonchev–Trinajstić information content (AvgIpc) is 3.73. The van der Waals surface area contributed by atoms with Crippen LogP contribution in [0.25, 0.3) is 94.2 Å². The van der Waals surface area contributed by atoms with Crippen molar-refractivity contribution in [1.29, 1.82) is 0 Å². The number of para-hydroxylation sites is 2. The van der Waals surface area contributed by atoms with Crippen LogP contribution in [0.4, 0.5) is 0 Å². The van der Waals surface area contributed by atoms with E-state index in [1.165, 1.54) is 33.0 Å². The molecule has 3 heterocycles. The van der Waals surface area contributed by atoms with E-state index in [4.69, 9.17) is 9.40 Å². The highest BCUT2D eigenvalue weighted by Gasteiger charge is 2.17. The summed E-state index contributed by atoms with van der Waals surface area (Å²) in [6.07, 6.45) is 0. The number of hydrogen-bond acceptors (Lipinski definition) is 2. The van der Waals surface area contributed by atoms with Gasteiger partial charge < -0.3 is 4.42 Å². The zero-order valence-corrected chi connectivity index (χ0v) is 27.1. The number of pyridine rings is 1. The van der Waals surface area contributed by atoms with E-state index in [2.05, 4.69) is 168 Å². The third-order valence-corrected chi connectivity index (χ3v) is 9.80. The number of hydrogen-bond donors (Lipinski definition) is 0. The molecule has 0 saturated heterocycles. The van der Waals surface area contributed by atoms with Gasteiger partial charge in [-0.15, -0.1) is 0 Å². The topological polar surface area (TPSA) is 31.0 Å². The first-order valence-corrected chi connectivity index (χ1v) is 17.0. The molecule has 0 N–H and O–H groups in total. The monoisotopic (exact) mass is 638 g/mol. The molecule has 3 heteroatoms. The van der Waals surface area contributed by atoms with Gasteiger partial charge in [-0.05, 0) is 88.0 Å². The first kappa shape index (κ1) is 28.3. The molecule has 0 aliphatic heterocycles. The van der Waals surface area contributed by atoms with Crippen molar-refractivity contribution in [2.24, 2.45) is 0 Å². The predicted molar refractivity (Wildman–Crippen MR) is 208 cm³/mol. The van der Waals surface area contributed by atoms with E-state index in [9.17, 15) is 0 Å². The normalized spacial score (nSPS) is 11.6. The van der Waals surface area contributed by atoms with Crippen LogP contribution in [-0.2, 0) is 0 Å². The van der Waals surface area contributed by atoms with Crippen LogP contribution in [0.15, 0.2) is 186 Å². The fourth-order valence-electron chi connectivity index (χ4n) is 7.37. The lowest BCUT2D eigenvalue weighted by molar-refractivity contribution is 0.669. The maximum absolute atomic E-state index is 6.10. The molecule has 0 amide bonds. The SMILES string of the molecule is c1ccc(-c2cc(-c3ccccc3)nc(-n3c4ccccc4c4cc(-c5cccc(-c6ccc7oc8ccccc8c7c6)c5)ccc43)c2)cc1. The van der Waals surface area contributed by atoms with E-state index in [0.29, 0.717) is 0 Å². The molecule has 0 atom stereocenters. The first-order chi connectivity index (χ1) is 24.8. The van der Waals surface area contributed by atoms with Gasteiger partial charge in [0.2, 0.25) is 0 Å². The predicted octanol–water partition coefficient (Wildman–Crippen LogP) is 12.7. The number of furan rings is 1. The molecule has 0 fully saturated rings. The molecule has 0 bridgehead atoms. The molecule has 7 aromatic carbocycles. The number of benzene rings is 7. The van der Waals surface area contributed by atoms with Crippen molar-refractivity contribution >= 4 is 43.7 Å². The largest absolute Gasteiger partial charge is 0.456 e. The summed E-state index contributed by atoms with van der Waals surface area (Å²) in [7, 11) is 0. The fraction of sp³-hybridized carbons (Fsp3) is 0. The lowest BCUT2D eigenvalue weighted by Crippen LogP contribution is -2.00. The van der Waals surface area contributed by atoms with Crippen molar-refractivity contribution in [3.05, 3.63) is 182 Å². The maximum atomic E-state index is 6.10. The van der Waals surface area contributed by atoms with Crippen LogP contribution in [0.3, 0.4) is 0 Å². The van der Waals surface area contributed by atoms with E-state index in [0.717, 1.165) is 61.2 Å². The van der Waals surface area contributed by atoms with E-state index < -0.39 is 0 Å². The number of aromatic nitrogens is 2. The van der Waals surface area contributed by atoms with Gasteiger partial charge in [-0.1, -0.05) is 127 Å². The van der Waals surface area contributed by atoms with Gasteiger partial charge in [0.05, 0.1) is 16.7 Å². The molecule has 0 spiro atoms. The minimum absolute atomic E-state index is 0.897. The number of fused-ring (bicyclic) bond motifs is 6. The summed E-state index contributed by atoms with van der Waals surface area (Å²) in [5, 5.41) is 4.68. The molecule has 10 rings (SSSR count). The Labute approximate surface area is 289 Å². The van der Waals surface area contributed by atoms with Gasteiger partial charge in [0.15, 0.2) is 0 Å². The van der Waals surface area contributed by atoms with E-state index in [1.54, 1.807) is 0 Å². The third kappa shape index (κ3) is 4.71. The van der Waals surface area contributed by atoms with Crippen LogP contribution in [0.1, 0.15) is 0 Å². The van der Waals surface area contributed by atoms with Crippen LogP contribution < -0.4 is 0 Å². The summed E-state index contributed by atoms with van der Waals surface area (Å²) in [6, 6.07) is 64.4. The molecule has 3 aromatic heterocycles. The van der Waals surface area contributed by atoms with Crippen molar-refractivity contribution < 1.29 is 4.42 Å². The van der Waals surface area contributed by atoms with Crippen LogP contribution in [-0.4, -0.2) is 9.55 Å². The first-order valence-electron chi connectivity index (χ1n) is 17.0. The minimum atomic E-state index is 0.897. The lowest BCUT2D eigenvalue weighted by atomic mass is 9.97. The van der Waals surface area contributed by atoms with E-state index in [-0.39, 0.29) is 0 Å². The molecule has 0 aliphatic rings. The van der Waals surface area contributed by atoms with Gasteiger partial charge in [0.1, 0.15) is 17.0 Å². The molecule has 50 heavy (non-hydrogen) atoms. The van der Waals surface area contributed by atoms with Crippen molar-refractivity contribution in [3.63, 3.8) is 0 Å². The Balaban J connectivity index is 1.12. The van der Waals surface area contributed by atoms with Crippen molar-refractivity contribution in [1.82, 2.24) is 9.55 Å². The smallest absolute Gasteiger partial charge is 0.138 e. The van der Waals surface area contributed by atoms with Crippen molar-refractivity contribution in [2.75, 3.05) is 0 Å². The molecule has 0 aliphatic carbocycles. The molecule has 234 valence electrons. The van der Waals surface area contributed by atoms with Crippen molar-refractivity contribution in [2.45, 2.75) is 0 Å². The highest BCUT2D eigenvalue weighted by Crippen LogP contribution is 2.38. The fourth-order valence-corrected chi connectivity index (χ4v) is 7.37. The van der Waals surface area contributed by atoms with E-state index in [1.807, 2.05) is 18.2 Å². The van der Waals surface area contributed by atoms with Gasteiger partial charge in [-0.3, -0.25) is 4.57 Å². The average molecular weight is 639 g/mol. The summed E-state index contributed by atoms with van der Waals surface area (Å²) >= 11 is 0. The molecule has 0 unspecified atom stereocenters. The number of rotatable bonds is 5. The zero-order chi connectivity index (χ0) is 33.0. The minimum Gasteiger partial charge on any atom is -0.456 e. The molecule has 0 radical (unpaired) electrons. The molecule has 3 nitrogen and oxygen atoms in total. The third-order valence-electron chi connectivity index (χ3n) is 9.80. The van der Waals surface area contributed by atoms with Crippen LogP contribution >= 0.6 is 0 Å². The molecule has 10 aromatic rings. The Kier molecular flexibility index (Phi) is 6.49. The van der Waals surface area contributed by atoms with Gasteiger partial charge in [-0.25, -0.2) is 4.98 Å². The van der Waals surface area contributed by atoms with Crippen LogP contribution in [0.2, 0.25) is 0 Å². The Morgan fingerprint density at radius 1 is 0.340 bits per heavy atom. The summed E-state index contributed by atoms with van der Waals surface area (Å²) in [5.74, 6) is 0.897. The molecule has 0 saturated carbocycles. The number of nitrogens with zero attached hydrogens (tertiary/aromatic N) is 2. The van der Waals surface area contributed by atoms with Gasteiger partial charge >= 0.3 is 0 Å². The Morgan fingerprint density at radius 2 is 0.920 bits per heavy atom. The summed E-state index contributed by atoms with van der Waals surface area (Å²) < 4.78 is 8.41. The van der Waals surface area contributed by atoms with Gasteiger partial charge in [0, 0.05) is 27.1 Å². The second-order valence-electron chi connectivity index (χ2n) is 12.8. The lowest BCUT2D eigenvalue weighted by Gasteiger charge is -2.13. The van der Waals surface area contributed by atoms with Crippen LogP contribution in [0, 0.1) is 0 Å². The maximum Gasteiger partial charge on any atom is 0.138 e. The van der Waals surface area contributed by atoms with Crippen LogP contribution in [0.5, 0.6) is 0 Å². The highest BCUT2D eigenvalue weighted by atomic mass is 16.3. The zero-order valence-electron chi connectivity index (χ0n) is 27.1. The highest BCUT2D eigenvalue weighted by molar-refractivity contribution is 6.10. The second-order valence-corrected chi connectivity index (χ2v) is 12.8. The summed E-state index contributed by atoms with van der Waals surface area (Å²) in [5.41, 5.74) is 13.1. The van der Waals surface area contributed by atoms with E-state index >= 15 is 0 Å².